The molecule has 1 rings (SSSR count). The lowest BCUT2D eigenvalue weighted by molar-refractivity contribution is -0.137. The van der Waals surface area contributed by atoms with Gasteiger partial charge >= 0.3 is 5.97 Å². The largest absolute Gasteiger partial charge is 0.494 e. The second kappa shape index (κ2) is 7.17. The van der Waals surface area contributed by atoms with Gasteiger partial charge in [-0.2, -0.15) is 0 Å². The molecule has 4 heteroatoms. The highest BCUT2D eigenvalue weighted by atomic mass is 35.5. The molecule has 0 radical (unpaired) electrons. The predicted octanol–water partition coefficient (Wildman–Crippen LogP) is 3.62. The van der Waals surface area contributed by atoms with Crippen molar-refractivity contribution in [3.8, 4) is 5.75 Å². The summed E-state index contributed by atoms with van der Waals surface area (Å²) in [6.07, 6.45) is 1.49. The molecule has 0 saturated heterocycles. The van der Waals surface area contributed by atoms with Gasteiger partial charge in [-0.15, -0.1) is 11.6 Å². The Hall–Kier alpha value is -1.22. The maximum absolute atomic E-state index is 10.4. The van der Waals surface area contributed by atoms with Gasteiger partial charge in [-0.1, -0.05) is 19.1 Å². The maximum Gasteiger partial charge on any atom is 0.303 e. The molecule has 0 bridgehead atoms. The molecule has 17 heavy (non-hydrogen) atoms. The van der Waals surface area contributed by atoms with Gasteiger partial charge in [0.15, 0.2) is 0 Å². The van der Waals surface area contributed by atoms with Crippen molar-refractivity contribution in [3.05, 3.63) is 29.8 Å². The Morgan fingerprint density at radius 3 is 2.59 bits per heavy atom. The third kappa shape index (κ3) is 5.09. The standard InChI is InChI=1S/C13H17ClO3/c1-2-9-17-11-5-3-10(4-6-11)12(14)7-8-13(15)16/h3-6,12H,2,7-9H2,1H3,(H,15,16). The number of rotatable bonds is 7. The molecule has 1 N–H and O–H groups in total. The summed E-state index contributed by atoms with van der Waals surface area (Å²) in [4.78, 5) is 10.4. The molecule has 0 aliphatic carbocycles. The fourth-order valence-corrected chi connectivity index (χ4v) is 1.66. The van der Waals surface area contributed by atoms with Crippen LogP contribution in [0.3, 0.4) is 0 Å². The van der Waals surface area contributed by atoms with E-state index in [0.29, 0.717) is 13.0 Å². The lowest BCUT2D eigenvalue weighted by Crippen LogP contribution is -1.99. The van der Waals surface area contributed by atoms with E-state index >= 15 is 0 Å². The van der Waals surface area contributed by atoms with Crippen LogP contribution in [0.2, 0.25) is 0 Å². The average molecular weight is 257 g/mol. The van der Waals surface area contributed by atoms with Gasteiger partial charge in [0.2, 0.25) is 0 Å². The van der Waals surface area contributed by atoms with E-state index in [1.165, 1.54) is 0 Å². The molecule has 0 heterocycles. The summed E-state index contributed by atoms with van der Waals surface area (Å²) in [5, 5.41) is 8.31. The molecule has 0 fully saturated rings. The Bertz CT molecular complexity index is 348. The SMILES string of the molecule is CCCOc1ccc(C(Cl)CCC(=O)O)cc1. The van der Waals surface area contributed by atoms with Crippen LogP contribution in [0.1, 0.15) is 37.1 Å². The molecule has 0 aliphatic heterocycles. The first-order valence-corrected chi connectivity index (χ1v) is 6.15. The monoisotopic (exact) mass is 256 g/mol. The van der Waals surface area contributed by atoms with E-state index in [1.807, 2.05) is 24.3 Å². The molecule has 0 amide bonds. The van der Waals surface area contributed by atoms with Crippen LogP contribution >= 0.6 is 11.6 Å². The molecule has 94 valence electrons. The molecule has 3 nitrogen and oxygen atoms in total. The summed E-state index contributed by atoms with van der Waals surface area (Å²) in [6.45, 7) is 2.75. The molecule has 1 aromatic rings. The van der Waals surface area contributed by atoms with E-state index in [9.17, 15) is 4.79 Å². The Kier molecular flexibility index (Phi) is 5.84. The lowest BCUT2D eigenvalue weighted by atomic mass is 10.1. The Morgan fingerprint density at radius 1 is 1.41 bits per heavy atom. The Labute approximate surface area is 106 Å². The number of carboxylic acid groups (broad SMARTS) is 1. The topological polar surface area (TPSA) is 46.5 Å². The fraction of sp³-hybridized carbons (Fsp3) is 0.462. The molecule has 0 spiro atoms. The first kappa shape index (κ1) is 13.8. The number of benzene rings is 1. The predicted molar refractivity (Wildman–Crippen MR) is 67.7 cm³/mol. The van der Waals surface area contributed by atoms with Crippen molar-refractivity contribution in [2.75, 3.05) is 6.61 Å². The molecular weight excluding hydrogens is 240 g/mol. The zero-order valence-corrected chi connectivity index (χ0v) is 10.6. The average Bonchev–Trinajstić information content (AvgIpc) is 2.34. The summed E-state index contributed by atoms with van der Waals surface area (Å²) >= 11 is 6.10. The lowest BCUT2D eigenvalue weighted by Gasteiger charge is -2.10. The van der Waals surface area contributed by atoms with Crippen LogP contribution < -0.4 is 4.74 Å². The van der Waals surface area contributed by atoms with Crippen LogP contribution in [0.4, 0.5) is 0 Å². The number of carboxylic acids is 1. The van der Waals surface area contributed by atoms with Crippen molar-refractivity contribution in [2.45, 2.75) is 31.6 Å². The van der Waals surface area contributed by atoms with Crippen LogP contribution in [0.25, 0.3) is 0 Å². The van der Waals surface area contributed by atoms with Crippen molar-refractivity contribution >= 4 is 17.6 Å². The fourth-order valence-electron chi connectivity index (χ4n) is 1.41. The number of halogens is 1. The number of hydrogen-bond acceptors (Lipinski definition) is 2. The highest BCUT2D eigenvalue weighted by Gasteiger charge is 2.10. The van der Waals surface area contributed by atoms with E-state index in [0.717, 1.165) is 17.7 Å². The van der Waals surface area contributed by atoms with Crippen LogP contribution in [-0.4, -0.2) is 17.7 Å². The number of aliphatic carboxylic acids is 1. The molecule has 1 unspecified atom stereocenters. The summed E-state index contributed by atoms with van der Waals surface area (Å²) in [5.41, 5.74) is 0.928. The van der Waals surface area contributed by atoms with Gasteiger partial charge in [0.25, 0.3) is 0 Å². The molecule has 0 aliphatic rings. The summed E-state index contributed by atoms with van der Waals surface area (Å²) < 4.78 is 5.45. The van der Waals surface area contributed by atoms with Gasteiger partial charge in [-0.25, -0.2) is 0 Å². The van der Waals surface area contributed by atoms with Crippen LogP contribution in [0, 0.1) is 0 Å². The zero-order valence-electron chi connectivity index (χ0n) is 9.86. The van der Waals surface area contributed by atoms with E-state index in [4.69, 9.17) is 21.4 Å². The zero-order chi connectivity index (χ0) is 12.7. The second-order valence-corrected chi connectivity index (χ2v) is 4.34. The minimum Gasteiger partial charge on any atom is -0.494 e. The molecular formula is C13H17ClO3. The van der Waals surface area contributed by atoms with E-state index in [-0.39, 0.29) is 11.8 Å². The smallest absolute Gasteiger partial charge is 0.303 e. The maximum atomic E-state index is 10.4. The Balaban J connectivity index is 2.51. The molecule has 0 aromatic heterocycles. The first-order valence-electron chi connectivity index (χ1n) is 5.72. The third-order valence-corrected chi connectivity index (χ3v) is 2.80. The van der Waals surface area contributed by atoms with Crippen molar-refractivity contribution in [3.63, 3.8) is 0 Å². The van der Waals surface area contributed by atoms with E-state index < -0.39 is 5.97 Å². The van der Waals surface area contributed by atoms with E-state index in [2.05, 4.69) is 6.92 Å². The highest BCUT2D eigenvalue weighted by molar-refractivity contribution is 6.20. The quantitative estimate of drug-likeness (QED) is 0.758. The summed E-state index contributed by atoms with van der Waals surface area (Å²) in [5.74, 6) is -0.00347. The number of alkyl halides is 1. The van der Waals surface area contributed by atoms with Crippen molar-refractivity contribution in [2.24, 2.45) is 0 Å². The van der Waals surface area contributed by atoms with Crippen molar-refractivity contribution in [1.82, 2.24) is 0 Å². The molecule has 1 aromatic carbocycles. The summed E-state index contributed by atoms with van der Waals surface area (Å²) in [6, 6.07) is 7.48. The van der Waals surface area contributed by atoms with Crippen LogP contribution in [-0.2, 0) is 4.79 Å². The first-order chi connectivity index (χ1) is 8.13. The highest BCUT2D eigenvalue weighted by Crippen LogP contribution is 2.27. The number of hydrogen-bond donors (Lipinski definition) is 1. The van der Waals surface area contributed by atoms with Crippen molar-refractivity contribution in [1.29, 1.82) is 0 Å². The van der Waals surface area contributed by atoms with Gasteiger partial charge in [0.1, 0.15) is 5.75 Å². The summed E-state index contributed by atoms with van der Waals surface area (Å²) in [7, 11) is 0. The molecule has 1 atom stereocenters. The molecule has 0 saturated carbocycles. The van der Waals surface area contributed by atoms with Crippen LogP contribution in [0.5, 0.6) is 5.75 Å². The van der Waals surface area contributed by atoms with Gasteiger partial charge in [0.05, 0.1) is 12.0 Å². The van der Waals surface area contributed by atoms with Gasteiger partial charge < -0.3 is 9.84 Å². The normalized spacial score (nSPS) is 12.1. The van der Waals surface area contributed by atoms with E-state index in [1.54, 1.807) is 0 Å². The number of ether oxygens (including phenoxy) is 1. The van der Waals surface area contributed by atoms with Crippen molar-refractivity contribution < 1.29 is 14.6 Å². The number of carbonyl (C=O) groups is 1. The van der Waals surface area contributed by atoms with Gasteiger partial charge in [0, 0.05) is 6.42 Å². The van der Waals surface area contributed by atoms with Gasteiger partial charge in [-0.3, -0.25) is 4.79 Å². The minimum atomic E-state index is -0.821. The van der Waals surface area contributed by atoms with Gasteiger partial charge in [-0.05, 0) is 30.5 Å². The van der Waals surface area contributed by atoms with Crippen LogP contribution in [0.15, 0.2) is 24.3 Å². The minimum absolute atomic E-state index is 0.0856. The second-order valence-electron chi connectivity index (χ2n) is 3.82. The Morgan fingerprint density at radius 2 is 2.06 bits per heavy atom. The third-order valence-electron chi connectivity index (χ3n) is 2.33.